The fourth-order valence-corrected chi connectivity index (χ4v) is 2.19. The van der Waals surface area contributed by atoms with Crippen molar-refractivity contribution < 1.29 is 27.8 Å². The Morgan fingerprint density at radius 2 is 2.05 bits per heavy atom. The first-order valence-corrected chi connectivity index (χ1v) is 6.05. The van der Waals surface area contributed by atoms with E-state index >= 15 is 0 Å². The van der Waals surface area contributed by atoms with Gasteiger partial charge >= 0.3 is 12.1 Å². The minimum absolute atomic E-state index is 0.0922. The molecule has 1 aromatic carbocycles. The second-order valence-corrected chi connectivity index (χ2v) is 4.63. The van der Waals surface area contributed by atoms with Crippen LogP contribution in [0.5, 0.6) is 5.75 Å². The molecule has 6 heteroatoms. The molecule has 1 atom stereocenters. The number of benzene rings is 1. The second-order valence-electron chi connectivity index (χ2n) is 4.63. The standard InChI is InChI=1S/C14H13F3O3/c1-3-8-4-7(2)11-9(5-8)6-10(13(18)19)12(20-11)14(15,16)17/h4-6,12H,3H2,1-2H3,(H,18,19)/t12-/m1/s1. The van der Waals surface area contributed by atoms with Crippen LogP contribution in [-0.4, -0.2) is 23.4 Å². The Balaban J connectivity index is 2.60. The molecule has 0 radical (unpaired) electrons. The number of hydrogen-bond acceptors (Lipinski definition) is 2. The molecular formula is C14H13F3O3. The highest BCUT2D eigenvalue weighted by molar-refractivity contribution is 5.95. The Labute approximate surface area is 113 Å². The molecule has 0 bridgehead atoms. The first-order valence-electron chi connectivity index (χ1n) is 6.05. The van der Waals surface area contributed by atoms with Crippen molar-refractivity contribution in [1.82, 2.24) is 0 Å². The number of fused-ring (bicyclic) bond motifs is 1. The van der Waals surface area contributed by atoms with Gasteiger partial charge in [0.25, 0.3) is 0 Å². The van der Waals surface area contributed by atoms with E-state index in [1.54, 1.807) is 19.1 Å². The number of carboxylic acids is 1. The molecule has 1 aliphatic heterocycles. The largest absolute Gasteiger partial charge is 0.478 e. The molecule has 0 aliphatic carbocycles. The molecule has 1 aliphatic rings. The number of aliphatic carboxylic acids is 1. The van der Waals surface area contributed by atoms with Gasteiger partial charge in [-0.15, -0.1) is 0 Å². The van der Waals surface area contributed by atoms with Gasteiger partial charge in [-0.1, -0.05) is 13.0 Å². The molecule has 3 nitrogen and oxygen atoms in total. The van der Waals surface area contributed by atoms with Crippen LogP contribution in [0.3, 0.4) is 0 Å². The van der Waals surface area contributed by atoms with Gasteiger partial charge in [0.15, 0.2) is 0 Å². The maximum atomic E-state index is 12.9. The molecule has 2 rings (SSSR count). The van der Waals surface area contributed by atoms with Crippen molar-refractivity contribution in [2.75, 3.05) is 0 Å². The lowest BCUT2D eigenvalue weighted by Gasteiger charge is -2.28. The van der Waals surface area contributed by atoms with E-state index in [-0.39, 0.29) is 5.75 Å². The van der Waals surface area contributed by atoms with E-state index in [0.717, 1.165) is 11.6 Å². The van der Waals surface area contributed by atoms with Crippen LogP contribution in [0.4, 0.5) is 13.2 Å². The van der Waals surface area contributed by atoms with Crippen LogP contribution in [0.15, 0.2) is 17.7 Å². The monoisotopic (exact) mass is 286 g/mol. The molecule has 108 valence electrons. The number of carbonyl (C=O) groups is 1. The predicted molar refractivity (Wildman–Crippen MR) is 66.6 cm³/mol. The normalized spacial score (nSPS) is 18.1. The first kappa shape index (κ1) is 14.4. The summed E-state index contributed by atoms with van der Waals surface area (Å²) in [4.78, 5) is 11.0. The van der Waals surface area contributed by atoms with E-state index in [1.165, 1.54) is 0 Å². The number of halogens is 3. The topological polar surface area (TPSA) is 46.5 Å². The smallest absolute Gasteiger partial charge is 0.430 e. The SMILES string of the molecule is CCc1cc(C)c2c(c1)C=C(C(=O)O)[C@H](C(F)(F)F)O2. The molecule has 1 aromatic rings. The van der Waals surface area contributed by atoms with Gasteiger partial charge in [-0.2, -0.15) is 13.2 Å². The van der Waals surface area contributed by atoms with Crippen LogP contribution >= 0.6 is 0 Å². The summed E-state index contributed by atoms with van der Waals surface area (Å²) in [6.45, 7) is 3.55. The summed E-state index contributed by atoms with van der Waals surface area (Å²) in [5, 5.41) is 8.95. The third-order valence-corrected chi connectivity index (χ3v) is 3.14. The maximum absolute atomic E-state index is 12.9. The number of carboxylic acid groups (broad SMARTS) is 1. The van der Waals surface area contributed by atoms with Gasteiger partial charge in [0, 0.05) is 5.56 Å². The van der Waals surface area contributed by atoms with Gasteiger partial charge in [0.1, 0.15) is 5.75 Å². The van der Waals surface area contributed by atoms with Crippen molar-refractivity contribution in [2.24, 2.45) is 0 Å². The lowest BCUT2D eigenvalue weighted by Crippen LogP contribution is -2.40. The van der Waals surface area contributed by atoms with Crippen LogP contribution in [0.2, 0.25) is 0 Å². The van der Waals surface area contributed by atoms with Crippen molar-refractivity contribution in [1.29, 1.82) is 0 Å². The Kier molecular flexibility index (Phi) is 3.50. The van der Waals surface area contributed by atoms with Crippen molar-refractivity contribution >= 4 is 12.0 Å². The molecule has 0 saturated heterocycles. The van der Waals surface area contributed by atoms with Crippen molar-refractivity contribution in [2.45, 2.75) is 32.5 Å². The van der Waals surface area contributed by atoms with Gasteiger partial charge in [-0.05, 0) is 36.6 Å². The van der Waals surface area contributed by atoms with Gasteiger partial charge in [0.2, 0.25) is 6.10 Å². The van der Waals surface area contributed by atoms with Crippen molar-refractivity contribution in [3.05, 3.63) is 34.4 Å². The summed E-state index contributed by atoms with van der Waals surface area (Å²) in [6.07, 6.45) is -5.45. The summed E-state index contributed by atoms with van der Waals surface area (Å²) in [6, 6.07) is 3.39. The van der Waals surface area contributed by atoms with E-state index in [1.807, 2.05) is 6.92 Å². The van der Waals surface area contributed by atoms with E-state index in [0.29, 0.717) is 17.5 Å². The minimum Gasteiger partial charge on any atom is -0.478 e. The molecular weight excluding hydrogens is 273 g/mol. The van der Waals surface area contributed by atoms with Gasteiger partial charge in [-0.3, -0.25) is 0 Å². The molecule has 0 spiro atoms. The first-order chi connectivity index (χ1) is 9.24. The summed E-state index contributed by atoms with van der Waals surface area (Å²) in [5.41, 5.74) is 1.06. The third-order valence-electron chi connectivity index (χ3n) is 3.14. The van der Waals surface area contributed by atoms with Crippen LogP contribution in [0.1, 0.15) is 23.6 Å². The van der Waals surface area contributed by atoms with Crippen molar-refractivity contribution in [3.8, 4) is 5.75 Å². The quantitative estimate of drug-likeness (QED) is 0.907. The van der Waals surface area contributed by atoms with Gasteiger partial charge in [-0.25, -0.2) is 4.79 Å². The Hall–Kier alpha value is -1.98. The van der Waals surface area contributed by atoms with E-state index in [9.17, 15) is 18.0 Å². The predicted octanol–water partition coefficient (Wildman–Crippen LogP) is 3.35. The summed E-state index contributed by atoms with van der Waals surface area (Å²) < 4.78 is 43.6. The number of hydrogen-bond donors (Lipinski definition) is 1. The third kappa shape index (κ3) is 2.50. The molecule has 0 unspecified atom stereocenters. The number of alkyl halides is 3. The molecule has 1 heterocycles. The van der Waals surface area contributed by atoms with E-state index in [2.05, 4.69) is 0 Å². The van der Waals surface area contributed by atoms with Crippen LogP contribution in [0, 0.1) is 6.92 Å². The van der Waals surface area contributed by atoms with E-state index in [4.69, 9.17) is 9.84 Å². The molecule has 0 amide bonds. The fourth-order valence-electron chi connectivity index (χ4n) is 2.19. The zero-order chi connectivity index (χ0) is 15.1. The number of ether oxygens (including phenoxy) is 1. The molecule has 0 fully saturated rings. The summed E-state index contributed by atoms with van der Waals surface area (Å²) in [5.74, 6) is -1.54. The Morgan fingerprint density at radius 3 is 2.55 bits per heavy atom. The van der Waals surface area contributed by atoms with Gasteiger partial charge in [0.05, 0.1) is 5.57 Å². The fraction of sp³-hybridized carbons (Fsp3) is 0.357. The lowest BCUT2D eigenvalue weighted by atomic mass is 9.96. The Bertz CT molecular complexity index is 588. The van der Waals surface area contributed by atoms with E-state index < -0.39 is 23.8 Å². The van der Waals surface area contributed by atoms with Crippen LogP contribution in [-0.2, 0) is 11.2 Å². The maximum Gasteiger partial charge on any atom is 0.430 e. The summed E-state index contributed by atoms with van der Waals surface area (Å²) in [7, 11) is 0. The average molecular weight is 286 g/mol. The van der Waals surface area contributed by atoms with Gasteiger partial charge < -0.3 is 9.84 Å². The molecule has 20 heavy (non-hydrogen) atoms. The zero-order valence-corrected chi connectivity index (χ0v) is 10.9. The van der Waals surface area contributed by atoms with Crippen LogP contribution < -0.4 is 4.74 Å². The Morgan fingerprint density at radius 1 is 1.40 bits per heavy atom. The number of rotatable bonds is 2. The zero-order valence-electron chi connectivity index (χ0n) is 10.9. The highest BCUT2D eigenvalue weighted by Crippen LogP contribution is 2.39. The van der Waals surface area contributed by atoms with Crippen molar-refractivity contribution in [3.63, 3.8) is 0 Å². The lowest BCUT2D eigenvalue weighted by molar-refractivity contribution is -0.187. The molecule has 0 aromatic heterocycles. The highest BCUT2D eigenvalue weighted by Gasteiger charge is 2.48. The molecule has 0 saturated carbocycles. The average Bonchev–Trinajstić information content (AvgIpc) is 2.35. The summed E-state index contributed by atoms with van der Waals surface area (Å²) >= 11 is 0. The highest BCUT2D eigenvalue weighted by atomic mass is 19.4. The second kappa shape index (κ2) is 4.85. The van der Waals surface area contributed by atoms with Crippen LogP contribution in [0.25, 0.3) is 6.08 Å². The minimum atomic E-state index is -4.77. The molecule has 1 N–H and O–H groups in total. The number of aryl methyl sites for hydroxylation is 2.